The van der Waals surface area contributed by atoms with E-state index in [9.17, 15) is 0 Å². The molecule has 1 aromatic heterocycles. The summed E-state index contributed by atoms with van der Waals surface area (Å²) in [6.45, 7) is 2.14. The van der Waals surface area contributed by atoms with Gasteiger partial charge in [0.05, 0.1) is 20.9 Å². The second kappa shape index (κ2) is 4.80. The molecule has 1 fully saturated rings. The molecule has 2 heterocycles. The number of hydrogen-bond donors (Lipinski definition) is 2. The van der Waals surface area contributed by atoms with Gasteiger partial charge in [0.1, 0.15) is 5.52 Å². The van der Waals surface area contributed by atoms with E-state index >= 15 is 0 Å². The van der Waals surface area contributed by atoms with Crippen LogP contribution in [0.2, 0.25) is 5.02 Å². The maximum absolute atomic E-state index is 6.27. The van der Waals surface area contributed by atoms with Gasteiger partial charge in [0, 0.05) is 6.04 Å². The van der Waals surface area contributed by atoms with E-state index in [0.29, 0.717) is 6.04 Å². The molecule has 1 aliphatic heterocycles. The molecule has 1 aliphatic rings. The van der Waals surface area contributed by atoms with Crippen molar-refractivity contribution < 1.29 is 0 Å². The first-order valence-electron chi connectivity index (χ1n) is 5.83. The third kappa shape index (κ3) is 2.25. The summed E-state index contributed by atoms with van der Waals surface area (Å²) in [6.07, 6.45) is 2.27. The van der Waals surface area contributed by atoms with E-state index in [1.54, 1.807) is 11.3 Å². The van der Waals surface area contributed by atoms with Gasteiger partial charge in [-0.3, -0.25) is 0 Å². The van der Waals surface area contributed by atoms with Gasteiger partial charge in [-0.1, -0.05) is 11.6 Å². The maximum atomic E-state index is 6.27. The van der Waals surface area contributed by atoms with Crippen molar-refractivity contribution >= 4 is 38.8 Å². The predicted molar refractivity (Wildman–Crippen MR) is 74.1 cm³/mol. The van der Waals surface area contributed by atoms with Crippen molar-refractivity contribution in [3.8, 4) is 0 Å². The topological polar surface area (TPSA) is 37.0 Å². The van der Waals surface area contributed by atoms with Gasteiger partial charge in [0.25, 0.3) is 0 Å². The molecule has 0 saturated carbocycles. The molecular weight excluding hydrogens is 254 g/mol. The van der Waals surface area contributed by atoms with Crippen LogP contribution >= 0.6 is 22.9 Å². The van der Waals surface area contributed by atoms with Crippen LogP contribution in [0.15, 0.2) is 17.6 Å². The summed E-state index contributed by atoms with van der Waals surface area (Å²) < 4.78 is 1.19. The van der Waals surface area contributed by atoms with Crippen LogP contribution in [0.4, 0.5) is 5.69 Å². The van der Waals surface area contributed by atoms with E-state index in [0.717, 1.165) is 42.2 Å². The summed E-state index contributed by atoms with van der Waals surface area (Å²) in [5, 5.41) is 7.68. The molecule has 0 amide bonds. The Hall–Kier alpha value is -0.840. The molecule has 3 rings (SSSR count). The smallest absolute Gasteiger partial charge is 0.106 e. The molecule has 17 heavy (non-hydrogen) atoms. The van der Waals surface area contributed by atoms with Crippen LogP contribution in [0.3, 0.4) is 0 Å². The quantitative estimate of drug-likeness (QED) is 0.878. The highest BCUT2D eigenvalue weighted by Crippen LogP contribution is 2.33. The highest BCUT2D eigenvalue weighted by atomic mass is 35.5. The van der Waals surface area contributed by atoms with Crippen LogP contribution in [0.25, 0.3) is 10.2 Å². The predicted octanol–water partition coefficient (Wildman–Crippen LogP) is 3.11. The van der Waals surface area contributed by atoms with Gasteiger partial charge in [-0.2, -0.15) is 0 Å². The first kappa shape index (κ1) is 11.3. The van der Waals surface area contributed by atoms with Crippen molar-refractivity contribution in [2.24, 2.45) is 0 Å². The summed E-state index contributed by atoms with van der Waals surface area (Å²) in [5.41, 5.74) is 3.87. The molecule has 0 unspecified atom stereocenters. The van der Waals surface area contributed by atoms with Gasteiger partial charge in [0.15, 0.2) is 0 Å². The molecule has 2 N–H and O–H groups in total. The van der Waals surface area contributed by atoms with Crippen LogP contribution in [0.1, 0.15) is 12.8 Å². The van der Waals surface area contributed by atoms with Crippen LogP contribution in [0.5, 0.6) is 0 Å². The third-order valence-electron chi connectivity index (χ3n) is 3.14. The number of nitrogens with zero attached hydrogens (tertiary/aromatic N) is 1. The zero-order valence-electron chi connectivity index (χ0n) is 9.37. The SMILES string of the molecule is Clc1ccc2scnc2c1NC1CCNCC1. The molecular formula is C12H14ClN3S. The van der Waals surface area contributed by atoms with Crippen LogP contribution < -0.4 is 10.6 Å². The van der Waals surface area contributed by atoms with E-state index in [-0.39, 0.29) is 0 Å². The minimum absolute atomic E-state index is 0.501. The zero-order chi connectivity index (χ0) is 11.7. The molecule has 2 aromatic rings. The van der Waals surface area contributed by atoms with E-state index in [1.165, 1.54) is 4.70 Å². The zero-order valence-corrected chi connectivity index (χ0v) is 10.9. The second-order valence-corrected chi connectivity index (χ2v) is 5.58. The van der Waals surface area contributed by atoms with Crippen molar-refractivity contribution in [1.82, 2.24) is 10.3 Å². The average molecular weight is 268 g/mol. The summed E-state index contributed by atoms with van der Waals surface area (Å²) in [5.74, 6) is 0. The van der Waals surface area contributed by atoms with Crippen molar-refractivity contribution in [1.29, 1.82) is 0 Å². The number of hydrogen-bond acceptors (Lipinski definition) is 4. The van der Waals surface area contributed by atoms with Gasteiger partial charge in [-0.05, 0) is 38.1 Å². The Kier molecular flexibility index (Phi) is 3.18. The molecule has 0 spiro atoms. The van der Waals surface area contributed by atoms with Gasteiger partial charge in [-0.25, -0.2) is 4.98 Å². The van der Waals surface area contributed by atoms with Crippen molar-refractivity contribution in [3.63, 3.8) is 0 Å². The maximum Gasteiger partial charge on any atom is 0.106 e. The van der Waals surface area contributed by atoms with Crippen molar-refractivity contribution in [2.75, 3.05) is 18.4 Å². The van der Waals surface area contributed by atoms with Crippen molar-refractivity contribution in [2.45, 2.75) is 18.9 Å². The number of thiazole rings is 1. The van der Waals surface area contributed by atoms with E-state index in [1.807, 2.05) is 17.6 Å². The average Bonchev–Trinajstić information content (AvgIpc) is 2.83. The Bertz CT molecular complexity index is 519. The Balaban J connectivity index is 1.92. The van der Waals surface area contributed by atoms with Gasteiger partial charge in [0.2, 0.25) is 0 Å². The first-order valence-corrected chi connectivity index (χ1v) is 7.09. The Labute approximate surface area is 109 Å². The minimum Gasteiger partial charge on any atom is -0.379 e. The lowest BCUT2D eigenvalue weighted by atomic mass is 10.1. The standard InChI is InChI=1S/C12H14ClN3S/c13-9-1-2-10-12(15-7-17-10)11(9)16-8-3-5-14-6-4-8/h1-2,7-8,14,16H,3-6H2. The van der Waals surface area contributed by atoms with E-state index < -0.39 is 0 Å². The molecule has 5 heteroatoms. The minimum atomic E-state index is 0.501. The van der Waals surface area contributed by atoms with E-state index in [2.05, 4.69) is 15.6 Å². The number of aromatic nitrogens is 1. The largest absolute Gasteiger partial charge is 0.379 e. The fourth-order valence-corrected chi connectivity index (χ4v) is 3.11. The molecule has 0 radical (unpaired) electrons. The summed E-state index contributed by atoms with van der Waals surface area (Å²) in [7, 11) is 0. The number of halogens is 1. The third-order valence-corrected chi connectivity index (χ3v) is 4.25. The number of fused-ring (bicyclic) bond motifs is 1. The molecule has 0 bridgehead atoms. The molecule has 1 saturated heterocycles. The molecule has 1 aromatic carbocycles. The highest BCUT2D eigenvalue weighted by Gasteiger charge is 2.16. The van der Waals surface area contributed by atoms with Crippen molar-refractivity contribution in [3.05, 3.63) is 22.7 Å². The molecule has 0 atom stereocenters. The Morgan fingerprint density at radius 3 is 3.00 bits per heavy atom. The lowest BCUT2D eigenvalue weighted by molar-refractivity contribution is 0.479. The van der Waals surface area contributed by atoms with Gasteiger partial charge < -0.3 is 10.6 Å². The lowest BCUT2D eigenvalue weighted by Gasteiger charge is -2.25. The Morgan fingerprint density at radius 1 is 1.35 bits per heavy atom. The summed E-state index contributed by atoms with van der Waals surface area (Å²) in [6, 6.07) is 4.48. The first-order chi connectivity index (χ1) is 8.34. The summed E-state index contributed by atoms with van der Waals surface area (Å²) >= 11 is 7.92. The lowest BCUT2D eigenvalue weighted by Crippen LogP contribution is -2.35. The molecule has 90 valence electrons. The van der Waals surface area contributed by atoms with Gasteiger partial charge in [-0.15, -0.1) is 11.3 Å². The van der Waals surface area contributed by atoms with Crippen LogP contribution in [-0.2, 0) is 0 Å². The Morgan fingerprint density at radius 2 is 2.18 bits per heavy atom. The second-order valence-electron chi connectivity index (χ2n) is 4.29. The summed E-state index contributed by atoms with van der Waals surface area (Å²) in [4.78, 5) is 4.40. The highest BCUT2D eigenvalue weighted by molar-refractivity contribution is 7.16. The number of benzene rings is 1. The number of anilines is 1. The number of piperidine rings is 1. The molecule has 3 nitrogen and oxygen atoms in total. The fourth-order valence-electron chi connectivity index (χ4n) is 2.21. The molecule has 0 aliphatic carbocycles. The monoisotopic (exact) mass is 267 g/mol. The van der Waals surface area contributed by atoms with Crippen LogP contribution in [-0.4, -0.2) is 24.1 Å². The van der Waals surface area contributed by atoms with E-state index in [4.69, 9.17) is 11.6 Å². The van der Waals surface area contributed by atoms with Crippen LogP contribution in [0, 0.1) is 0 Å². The normalized spacial score (nSPS) is 17.5. The number of nitrogens with one attached hydrogen (secondary N) is 2. The number of rotatable bonds is 2. The fraction of sp³-hybridized carbons (Fsp3) is 0.417. The van der Waals surface area contributed by atoms with Gasteiger partial charge >= 0.3 is 0 Å².